The number of hydrogen-bond acceptors (Lipinski definition) is 4. The van der Waals surface area contributed by atoms with Gasteiger partial charge in [0, 0.05) is 18.2 Å². The highest BCUT2D eigenvalue weighted by Gasteiger charge is 2.27. The lowest BCUT2D eigenvalue weighted by Crippen LogP contribution is -2.46. The number of aromatic nitrogens is 1. The summed E-state index contributed by atoms with van der Waals surface area (Å²) < 4.78 is 13.9. The van der Waals surface area contributed by atoms with Crippen LogP contribution in [0.4, 0.5) is 4.39 Å². The van der Waals surface area contributed by atoms with E-state index < -0.39 is 0 Å². The standard InChI is InChI=1S/C18H22FN3OS.2ClH/c1-2-11-22(13-7-9-20-10-8-13)18(23)16-12-21-17(24-16)14-5-3-4-6-15(14)19;;/h3-6,12-13,20H,2,7-11H2,1H3;2*1H. The van der Waals surface area contributed by atoms with Gasteiger partial charge in [0.1, 0.15) is 15.7 Å². The van der Waals surface area contributed by atoms with Crippen LogP contribution in [0.1, 0.15) is 35.9 Å². The quantitative estimate of drug-likeness (QED) is 0.780. The van der Waals surface area contributed by atoms with Crippen LogP contribution >= 0.6 is 36.2 Å². The summed E-state index contributed by atoms with van der Waals surface area (Å²) in [6.45, 7) is 4.72. The van der Waals surface area contributed by atoms with Crippen LogP contribution in [0.15, 0.2) is 30.5 Å². The molecule has 1 aromatic carbocycles. The van der Waals surface area contributed by atoms with Gasteiger partial charge >= 0.3 is 0 Å². The summed E-state index contributed by atoms with van der Waals surface area (Å²) >= 11 is 1.27. The summed E-state index contributed by atoms with van der Waals surface area (Å²) in [4.78, 5) is 19.8. The summed E-state index contributed by atoms with van der Waals surface area (Å²) in [5.41, 5.74) is 0.449. The van der Waals surface area contributed by atoms with Gasteiger partial charge in [-0.3, -0.25) is 4.79 Å². The minimum Gasteiger partial charge on any atom is -0.335 e. The molecule has 3 rings (SSSR count). The first-order valence-electron chi connectivity index (χ1n) is 8.43. The molecule has 1 fully saturated rings. The molecule has 1 aliphatic rings. The maximum Gasteiger partial charge on any atom is 0.265 e. The monoisotopic (exact) mass is 419 g/mol. The Kier molecular flexibility index (Phi) is 9.50. The molecule has 1 aliphatic heterocycles. The van der Waals surface area contributed by atoms with Crippen molar-refractivity contribution in [2.75, 3.05) is 19.6 Å². The Balaban J connectivity index is 0.00000169. The predicted molar refractivity (Wildman–Crippen MR) is 109 cm³/mol. The van der Waals surface area contributed by atoms with Crippen molar-refractivity contribution in [3.63, 3.8) is 0 Å². The van der Waals surface area contributed by atoms with E-state index in [4.69, 9.17) is 0 Å². The molecule has 0 atom stereocenters. The molecule has 1 amide bonds. The van der Waals surface area contributed by atoms with Crippen molar-refractivity contribution in [2.24, 2.45) is 0 Å². The fraction of sp³-hybridized carbons (Fsp3) is 0.444. The van der Waals surface area contributed by atoms with Gasteiger partial charge in [0.05, 0.1) is 6.20 Å². The average molecular weight is 420 g/mol. The van der Waals surface area contributed by atoms with Crippen LogP contribution in [-0.4, -0.2) is 41.5 Å². The molecule has 8 heteroatoms. The summed E-state index contributed by atoms with van der Waals surface area (Å²) in [7, 11) is 0. The van der Waals surface area contributed by atoms with Crippen LogP contribution in [0, 0.1) is 5.82 Å². The molecule has 144 valence electrons. The van der Waals surface area contributed by atoms with E-state index in [2.05, 4.69) is 17.2 Å². The van der Waals surface area contributed by atoms with E-state index in [9.17, 15) is 9.18 Å². The third-order valence-corrected chi connectivity index (χ3v) is 5.31. The van der Waals surface area contributed by atoms with Crippen LogP contribution in [0.25, 0.3) is 10.6 Å². The first-order chi connectivity index (χ1) is 11.7. The fourth-order valence-electron chi connectivity index (χ4n) is 3.08. The number of thiazole rings is 1. The highest BCUT2D eigenvalue weighted by Crippen LogP contribution is 2.28. The zero-order valence-corrected chi connectivity index (χ0v) is 17.1. The highest BCUT2D eigenvalue weighted by atomic mass is 35.5. The number of halogens is 3. The van der Waals surface area contributed by atoms with Crippen molar-refractivity contribution in [1.82, 2.24) is 15.2 Å². The lowest BCUT2D eigenvalue weighted by atomic mass is 10.0. The van der Waals surface area contributed by atoms with E-state index in [-0.39, 0.29) is 42.6 Å². The Morgan fingerprint density at radius 3 is 2.65 bits per heavy atom. The highest BCUT2D eigenvalue weighted by molar-refractivity contribution is 7.16. The Bertz CT molecular complexity index is 707. The number of amides is 1. The third kappa shape index (κ3) is 5.16. The van der Waals surface area contributed by atoms with Gasteiger partial charge < -0.3 is 10.2 Å². The second-order valence-electron chi connectivity index (χ2n) is 5.99. The van der Waals surface area contributed by atoms with Crippen LogP contribution in [0.3, 0.4) is 0 Å². The van der Waals surface area contributed by atoms with Crippen molar-refractivity contribution in [3.05, 3.63) is 41.2 Å². The number of piperidine rings is 1. The zero-order chi connectivity index (χ0) is 16.9. The normalized spacial score (nSPS) is 14.2. The molecule has 0 spiro atoms. The smallest absolute Gasteiger partial charge is 0.265 e. The molecule has 4 nitrogen and oxygen atoms in total. The number of benzene rings is 1. The van der Waals surface area contributed by atoms with Crippen molar-refractivity contribution >= 4 is 42.1 Å². The lowest BCUT2D eigenvalue weighted by molar-refractivity contribution is 0.0647. The number of rotatable bonds is 5. The molecular weight excluding hydrogens is 396 g/mol. The molecule has 0 bridgehead atoms. The molecule has 0 saturated carbocycles. The van der Waals surface area contributed by atoms with Crippen molar-refractivity contribution in [1.29, 1.82) is 0 Å². The Hall–Kier alpha value is -1.21. The largest absolute Gasteiger partial charge is 0.335 e. The molecule has 2 heterocycles. The Morgan fingerprint density at radius 1 is 1.31 bits per heavy atom. The molecule has 1 aromatic heterocycles. The Morgan fingerprint density at radius 2 is 2.00 bits per heavy atom. The molecule has 26 heavy (non-hydrogen) atoms. The first kappa shape index (κ1) is 22.8. The number of carbonyl (C=O) groups excluding carboxylic acids is 1. The molecular formula is C18H24Cl2FN3OS. The van der Waals surface area contributed by atoms with E-state index in [1.165, 1.54) is 17.4 Å². The van der Waals surface area contributed by atoms with Crippen molar-refractivity contribution in [3.8, 4) is 10.6 Å². The van der Waals surface area contributed by atoms with Crippen LogP contribution < -0.4 is 5.32 Å². The van der Waals surface area contributed by atoms with Gasteiger partial charge in [-0.1, -0.05) is 19.1 Å². The van der Waals surface area contributed by atoms with Gasteiger partial charge in [-0.25, -0.2) is 9.37 Å². The van der Waals surface area contributed by atoms with Gasteiger partial charge in [-0.2, -0.15) is 0 Å². The maximum atomic E-state index is 13.9. The van der Waals surface area contributed by atoms with Gasteiger partial charge in [-0.15, -0.1) is 36.2 Å². The molecule has 1 saturated heterocycles. The molecule has 0 aliphatic carbocycles. The van der Waals surface area contributed by atoms with Crippen molar-refractivity contribution in [2.45, 2.75) is 32.2 Å². The van der Waals surface area contributed by atoms with E-state index in [0.29, 0.717) is 15.4 Å². The second kappa shape index (κ2) is 10.8. The van der Waals surface area contributed by atoms with Crippen LogP contribution in [-0.2, 0) is 0 Å². The minimum atomic E-state index is -0.311. The average Bonchev–Trinajstić information content (AvgIpc) is 3.10. The van der Waals surface area contributed by atoms with Crippen LogP contribution in [0.5, 0.6) is 0 Å². The summed E-state index contributed by atoms with van der Waals surface area (Å²) in [6.07, 6.45) is 4.46. The summed E-state index contributed by atoms with van der Waals surface area (Å²) in [5, 5.41) is 3.89. The zero-order valence-electron chi connectivity index (χ0n) is 14.6. The topological polar surface area (TPSA) is 45.2 Å². The predicted octanol–water partition coefficient (Wildman–Crippen LogP) is 4.40. The van der Waals surface area contributed by atoms with Crippen LogP contribution in [0.2, 0.25) is 0 Å². The Labute approximate surface area is 170 Å². The van der Waals surface area contributed by atoms with Gasteiger partial charge in [0.15, 0.2) is 0 Å². The number of nitrogens with zero attached hydrogens (tertiary/aromatic N) is 2. The maximum absolute atomic E-state index is 13.9. The number of nitrogens with one attached hydrogen (secondary N) is 1. The second-order valence-corrected chi connectivity index (χ2v) is 7.02. The van der Waals surface area contributed by atoms with Gasteiger partial charge in [0.25, 0.3) is 5.91 Å². The molecule has 1 N–H and O–H groups in total. The SMILES string of the molecule is CCCN(C(=O)c1cnc(-c2ccccc2F)s1)C1CCNCC1.Cl.Cl. The van der Waals surface area contributed by atoms with Gasteiger partial charge in [-0.05, 0) is 44.5 Å². The van der Waals surface area contributed by atoms with E-state index in [0.717, 1.165) is 38.9 Å². The fourth-order valence-corrected chi connectivity index (χ4v) is 3.98. The summed E-state index contributed by atoms with van der Waals surface area (Å²) in [5.74, 6) is -0.293. The van der Waals surface area contributed by atoms with Gasteiger partial charge in [0.2, 0.25) is 0 Å². The number of carbonyl (C=O) groups is 1. The van der Waals surface area contributed by atoms with Crippen molar-refractivity contribution < 1.29 is 9.18 Å². The lowest BCUT2D eigenvalue weighted by Gasteiger charge is -2.34. The molecule has 0 unspecified atom stereocenters. The summed E-state index contributed by atoms with van der Waals surface area (Å²) in [6, 6.07) is 6.81. The van der Waals surface area contributed by atoms with E-state index in [1.807, 2.05) is 4.90 Å². The third-order valence-electron chi connectivity index (χ3n) is 4.30. The van der Waals surface area contributed by atoms with E-state index >= 15 is 0 Å². The first-order valence-corrected chi connectivity index (χ1v) is 9.24. The molecule has 2 aromatic rings. The van der Waals surface area contributed by atoms with E-state index in [1.54, 1.807) is 24.4 Å². The number of hydrogen-bond donors (Lipinski definition) is 1. The molecule has 0 radical (unpaired) electrons. The minimum absolute atomic E-state index is 0.